The van der Waals surface area contributed by atoms with Gasteiger partial charge in [0.05, 0.1) is 5.75 Å². The Morgan fingerprint density at radius 1 is 1.33 bits per heavy atom. The maximum absolute atomic E-state index is 13.0. The Bertz CT molecular complexity index is 471. The Kier molecular flexibility index (Phi) is 3.67. The Balaban J connectivity index is 2.95. The number of aryl methyl sites for hydroxylation is 1. The average molecular weight is 255 g/mol. The molecular formula is C9H9ClF2O2S. The van der Waals surface area contributed by atoms with Gasteiger partial charge in [0, 0.05) is 16.7 Å². The van der Waals surface area contributed by atoms with Crippen LogP contribution < -0.4 is 0 Å². The summed E-state index contributed by atoms with van der Waals surface area (Å²) in [4.78, 5) is 0. The van der Waals surface area contributed by atoms with Crippen molar-refractivity contribution < 1.29 is 17.2 Å². The van der Waals surface area contributed by atoms with Crippen LogP contribution >= 0.6 is 10.7 Å². The molecule has 0 N–H and O–H groups in total. The standard InChI is InChI=1S/C9H9ClF2O2S/c1-6-7(2-3-15(10,13)14)4-8(11)5-9(6)12/h4-5H,2-3H2,1H3. The van der Waals surface area contributed by atoms with Crippen LogP contribution in [0.15, 0.2) is 12.1 Å². The van der Waals surface area contributed by atoms with Gasteiger partial charge in [-0.05, 0) is 30.5 Å². The second-order valence-corrected chi connectivity index (χ2v) is 6.06. The van der Waals surface area contributed by atoms with Gasteiger partial charge in [0.2, 0.25) is 9.05 Å². The maximum Gasteiger partial charge on any atom is 0.232 e. The zero-order valence-electron chi connectivity index (χ0n) is 7.93. The molecule has 1 aromatic carbocycles. The summed E-state index contributed by atoms with van der Waals surface area (Å²) in [5, 5.41) is 0. The SMILES string of the molecule is Cc1c(F)cc(F)cc1CCS(=O)(=O)Cl. The lowest BCUT2D eigenvalue weighted by molar-refractivity contribution is 0.572. The molecule has 0 aliphatic heterocycles. The van der Waals surface area contributed by atoms with Crippen LogP contribution in [0.25, 0.3) is 0 Å². The molecule has 0 spiro atoms. The monoisotopic (exact) mass is 254 g/mol. The van der Waals surface area contributed by atoms with E-state index in [2.05, 4.69) is 0 Å². The molecule has 2 nitrogen and oxygen atoms in total. The van der Waals surface area contributed by atoms with Crippen molar-refractivity contribution in [2.45, 2.75) is 13.3 Å². The number of hydrogen-bond acceptors (Lipinski definition) is 2. The van der Waals surface area contributed by atoms with Crippen LogP contribution in [0.4, 0.5) is 8.78 Å². The number of hydrogen-bond donors (Lipinski definition) is 0. The smallest absolute Gasteiger partial charge is 0.212 e. The molecule has 0 heterocycles. The fourth-order valence-corrected chi connectivity index (χ4v) is 1.89. The Hall–Kier alpha value is -0.680. The van der Waals surface area contributed by atoms with Gasteiger partial charge < -0.3 is 0 Å². The summed E-state index contributed by atoms with van der Waals surface area (Å²) in [6, 6.07) is 1.87. The average Bonchev–Trinajstić information content (AvgIpc) is 2.07. The summed E-state index contributed by atoms with van der Waals surface area (Å²) in [6.45, 7) is 1.46. The molecule has 0 saturated carbocycles. The maximum atomic E-state index is 13.0. The molecule has 0 aliphatic carbocycles. The summed E-state index contributed by atoms with van der Waals surface area (Å²) >= 11 is 0. The van der Waals surface area contributed by atoms with Gasteiger partial charge in [-0.25, -0.2) is 17.2 Å². The third kappa shape index (κ3) is 3.76. The molecule has 0 fully saturated rings. The van der Waals surface area contributed by atoms with Gasteiger partial charge in [0.1, 0.15) is 11.6 Å². The second-order valence-electron chi connectivity index (χ2n) is 3.16. The normalized spacial score (nSPS) is 11.7. The molecule has 0 bridgehead atoms. The van der Waals surface area contributed by atoms with E-state index in [4.69, 9.17) is 10.7 Å². The first-order valence-electron chi connectivity index (χ1n) is 4.16. The van der Waals surface area contributed by atoms with E-state index in [0.717, 1.165) is 12.1 Å². The lowest BCUT2D eigenvalue weighted by Gasteiger charge is -2.05. The van der Waals surface area contributed by atoms with Crippen LogP contribution in [0, 0.1) is 18.6 Å². The predicted molar refractivity (Wildman–Crippen MR) is 54.4 cm³/mol. The predicted octanol–water partition coefficient (Wildman–Crippen LogP) is 2.38. The van der Waals surface area contributed by atoms with E-state index < -0.39 is 20.7 Å². The Labute approximate surface area is 91.3 Å². The van der Waals surface area contributed by atoms with Gasteiger partial charge in [-0.1, -0.05) is 0 Å². The highest BCUT2D eigenvalue weighted by Crippen LogP contribution is 2.16. The minimum atomic E-state index is -3.64. The summed E-state index contributed by atoms with van der Waals surface area (Å²) in [5.41, 5.74) is 0.563. The summed E-state index contributed by atoms with van der Waals surface area (Å²) in [6.07, 6.45) is 0.00630. The van der Waals surface area contributed by atoms with E-state index in [9.17, 15) is 17.2 Å². The molecule has 0 aromatic heterocycles. The van der Waals surface area contributed by atoms with E-state index in [1.807, 2.05) is 0 Å². The minimum Gasteiger partial charge on any atom is -0.212 e. The van der Waals surface area contributed by atoms with E-state index in [1.165, 1.54) is 6.92 Å². The van der Waals surface area contributed by atoms with Gasteiger partial charge in [0.25, 0.3) is 0 Å². The van der Waals surface area contributed by atoms with Gasteiger partial charge in [-0.15, -0.1) is 0 Å². The molecule has 0 radical (unpaired) electrons. The zero-order valence-corrected chi connectivity index (χ0v) is 9.50. The van der Waals surface area contributed by atoms with Crippen molar-refractivity contribution in [2.24, 2.45) is 0 Å². The van der Waals surface area contributed by atoms with Crippen LogP contribution in [0.1, 0.15) is 11.1 Å². The van der Waals surface area contributed by atoms with Gasteiger partial charge in [-0.3, -0.25) is 0 Å². The molecule has 1 aromatic rings. The lowest BCUT2D eigenvalue weighted by Crippen LogP contribution is -2.04. The molecule has 84 valence electrons. The van der Waals surface area contributed by atoms with Crippen LogP contribution in [0.2, 0.25) is 0 Å². The fraction of sp³-hybridized carbons (Fsp3) is 0.333. The van der Waals surface area contributed by atoms with Crippen LogP contribution in [-0.4, -0.2) is 14.2 Å². The zero-order chi connectivity index (χ0) is 11.6. The van der Waals surface area contributed by atoms with Crippen LogP contribution in [0.5, 0.6) is 0 Å². The highest BCUT2D eigenvalue weighted by atomic mass is 35.7. The van der Waals surface area contributed by atoms with Crippen molar-refractivity contribution in [1.82, 2.24) is 0 Å². The van der Waals surface area contributed by atoms with Crippen molar-refractivity contribution in [1.29, 1.82) is 0 Å². The van der Waals surface area contributed by atoms with Crippen LogP contribution in [0.3, 0.4) is 0 Å². The van der Waals surface area contributed by atoms with Gasteiger partial charge in [-0.2, -0.15) is 0 Å². The molecule has 15 heavy (non-hydrogen) atoms. The van der Waals surface area contributed by atoms with Gasteiger partial charge in [0.15, 0.2) is 0 Å². The van der Waals surface area contributed by atoms with Crippen molar-refractivity contribution in [3.05, 3.63) is 34.9 Å². The third-order valence-electron chi connectivity index (χ3n) is 2.03. The molecule has 0 amide bonds. The molecule has 0 atom stereocenters. The topological polar surface area (TPSA) is 34.1 Å². The van der Waals surface area contributed by atoms with Crippen molar-refractivity contribution >= 4 is 19.7 Å². The first-order chi connectivity index (χ1) is 6.79. The lowest BCUT2D eigenvalue weighted by atomic mass is 10.1. The first kappa shape index (κ1) is 12.4. The highest BCUT2D eigenvalue weighted by molar-refractivity contribution is 8.13. The summed E-state index contributed by atoms with van der Waals surface area (Å²) in [5.74, 6) is -1.74. The minimum absolute atomic E-state index is 0.00630. The van der Waals surface area contributed by atoms with Crippen molar-refractivity contribution in [2.75, 3.05) is 5.75 Å². The molecule has 1 rings (SSSR count). The molecular weight excluding hydrogens is 246 g/mol. The summed E-state index contributed by atoms with van der Waals surface area (Å²) < 4.78 is 47.2. The quantitative estimate of drug-likeness (QED) is 0.776. The molecule has 6 heteroatoms. The Morgan fingerprint density at radius 2 is 1.93 bits per heavy atom. The number of halogens is 3. The number of rotatable bonds is 3. The van der Waals surface area contributed by atoms with Crippen molar-refractivity contribution in [3.8, 4) is 0 Å². The highest BCUT2D eigenvalue weighted by Gasteiger charge is 2.11. The molecule has 0 unspecified atom stereocenters. The fourth-order valence-electron chi connectivity index (χ4n) is 1.19. The first-order valence-corrected chi connectivity index (χ1v) is 6.64. The van der Waals surface area contributed by atoms with E-state index in [1.54, 1.807) is 0 Å². The van der Waals surface area contributed by atoms with E-state index in [-0.39, 0.29) is 17.7 Å². The largest absolute Gasteiger partial charge is 0.232 e. The van der Waals surface area contributed by atoms with E-state index in [0.29, 0.717) is 5.56 Å². The van der Waals surface area contributed by atoms with Crippen molar-refractivity contribution in [3.63, 3.8) is 0 Å². The van der Waals surface area contributed by atoms with Crippen LogP contribution in [-0.2, 0) is 15.5 Å². The molecule has 0 saturated heterocycles. The number of benzene rings is 1. The third-order valence-corrected chi connectivity index (χ3v) is 3.19. The second kappa shape index (κ2) is 4.45. The Morgan fingerprint density at radius 3 is 2.47 bits per heavy atom. The molecule has 0 aliphatic rings. The van der Waals surface area contributed by atoms with Gasteiger partial charge >= 0.3 is 0 Å². The summed E-state index contributed by atoms with van der Waals surface area (Å²) in [7, 11) is 1.36. The van der Waals surface area contributed by atoms with E-state index >= 15 is 0 Å².